The van der Waals surface area contributed by atoms with Crippen molar-refractivity contribution in [3.63, 3.8) is 0 Å². The maximum absolute atomic E-state index is 12.1. The average Bonchev–Trinajstić information content (AvgIpc) is 2.44. The van der Waals surface area contributed by atoms with Crippen molar-refractivity contribution in [2.45, 2.75) is 6.54 Å². The first-order valence-corrected chi connectivity index (χ1v) is 7.66. The lowest BCUT2D eigenvalue weighted by molar-refractivity contribution is 0.0951. The van der Waals surface area contributed by atoms with Gasteiger partial charge < -0.3 is 11.1 Å². The first-order valence-electron chi connectivity index (χ1n) is 6.09. The van der Waals surface area contributed by atoms with E-state index in [2.05, 4.69) is 21.2 Å². The van der Waals surface area contributed by atoms with Gasteiger partial charge >= 0.3 is 0 Å². The van der Waals surface area contributed by atoms with Crippen LogP contribution in [0.15, 0.2) is 46.9 Å². The maximum Gasteiger partial charge on any atom is 0.251 e. The topological polar surface area (TPSA) is 55.1 Å². The summed E-state index contributed by atoms with van der Waals surface area (Å²) in [5, 5.41) is 3.35. The molecule has 0 saturated carbocycles. The zero-order chi connectivity index (χ0) is 15.4. The van der Waals surface area contributed by atoms with Gasteiger partial charge in [0.15, 0.2) is 0 Å². The van der Waals surface area contributed by atoms with E-state index in [0.717, 1.165) is 15.6 Å². The fourth-order valence-electron chi connectivity index (χ4n) is 1.76. The van der Waals surface area contributed by atoms with E-state index in [1.54, 1.807) is 18.2 Å². The second-order valence-corrected chi connectivity index (χ2v) is 6.19. The Labute approximate surface area is 141 Å². The minimum absolute atomic E-state index is 0.184. The first kappa shape index (κ1) is 15.9. The van der Waals surface area contributed by atoms with Crippen molar-refractivity contribution in [2.75, 3.05) is 0 Å². The Morgan fingerprint density at radius 2 is 1.86 bits per heavy atom. The lowest BCUT2D eigenvalue weighted by Gasteiger charge is -2.07. The smallest absolute Gasteiger partial charge is 0.251 e. The number of rotatable bonds is 4. The highest BCUT2D eigenvalue weighted by Gasteiger charge is 2.07. The molecule has 0 unspecified atom stereocenters. The van der Waals surface area contributed by atoms with E-state index in [0.29, 0.717) is 22.1 Å². The molecule has 6 heteroatoms. The van der Waals surface area contributed by atoms with Gasteiger partial charge in [0.2, 0.25) is 0 Å². The fraction of sp³-hybridized carbons (Fsp3) is 0.0667. The quantitative estimate of drug-likeness (QED) is 0.792. The van der Waals surface area contributed by atoms with E-state index >= 15 is 0 Å². The molecule has 0 aliphatic rings. The van der Waals surface area contributed by atoms with E-state index in [1.165, 1.54) is 0 Å². The first-order chi connectivity index (χ1) is 9.95. The molecule has 3 N–H and O–H groups in total. The Hall–Kier alpha value is -1.43. The Morgan fingerprint density at radius 1 is 1.19 bits per heavy atom. The molecule has 2 aromatic rings. The van der Waals surface area contributed by atoms with Crippen LogP contribution in [-0.2, 0) is 6.54 Å². The lowest BCUT2D eigenvalue weighted by Crippen LogP contribution is -2.22. The summed E-state index contributed by atoms with van der Waals surface area (Å²) in [4.78, 5) is 12.4. The number of amides is 1. The third-order valence-corrected chi connectivity index (χ3v) is 3.73. The van der Waals surface area contributed by atoms with Crippen LogP contribution in [0.2, 0.25) is 5.02 Å². The highest BCUT2D eigenvalue weighted by molar-refractivity contribution is 9.10. The van der Waals surface area contributed by atoms with Crippen LogP contribution >= 0.6 is 39.7 Å². The molecule has 2 rings (SSSR count). The molecule has 0 fully saturated rings. The number of hydrogen-bond acceptors (Lipinski definition) is 2. The molecule has 0 aliphatic carbocycles. The molecule has 3 nitrogen and oxygen atoms in total. The van der Waals surface area contributed by atoms with Crippen LogP contribution in [-0.4, -0.2) is 10.9 Å². The van der Waals surface area contributed by atoms with Crippen LogP contribution < -0.4 is 11.1 Å². The van der Waals surface area contributed by atoms with Crippen molar-refractivity contribution in [3.8, 4) is 0 Å². The predicted octanol–water partition coefficient (Wildman–Crippen LogP) is 3.67. The molecular weight excluding hydrogens is 372 g/mol. The maximum atomic E-state index is 12.1. The normalized spacial score (nSPS) is 10.2. The van der Waals surface area contributed by atoms with Gasteiger partial charge in [0.1, 0.15) is 4.99 Å². The van der Waals surface area contributed by atoms with Gasteiger partial charge in [-0.15, -0.1) is 0 Å². The highest BCUT2D eigenvalue weighted by Crippen LogP contribution is 2.19. The SMILES string of the molecule is NC(=S)c1ccc(CNC(=O)c2cc(Cl)cc(Br)c2)cc1. The van der Waals surface area contributed by atoms with Crippen molar-refractivity contribution in [2.24, 2.45) is 5.73 Å². The van der Waals surface area contributed by atoms with Crippen LogP contribution in [0, 0.1) is 0 Å². The number of benzene rings is 2. The molecule has 0 saturated heterocycles. The molecule has 21 heavy (non-hydrogen) atoms. The van der Waals surface area contributed by atoms with E-state index < -0.39 is 0 Å². The Morgan fingerprint density at radius 3 is 2.43 bits per heavy atom. The van der Waals surface area contributed by atoms with Gasteiger partial charge in [0.05, 0.1) is 0 Å². The number of thiocarbonyl (C=S) groups is 1. The van der Waals surface area contributed by atoms with Gasteiger partial charge in [-0.25, -0.2) is 0 Å². The number of carbonyl (C=O) groups excluding carboxylic acids is 1. The number of hydrogen-bond donors (Lipinski definition) is 2. The molecule has 2 aromatic carbocycles. The summed E-state index contributed by atoms with van der Waals surface area (Å²) in [6.07, 6.45) is 0. The molecule has 0 radical (unpaired) electrons. The average molecular weight is 384 g/mol. The van der Waals surface area contributed by atoms with Crippen molar-refractivity contribution in [3.05, 3.63) is 68.7 Å². The number of halogens is 2. The monoisotopic (exact) mass is 382 g/mol. The van der Waals surface area contributed by atoms with Crippen molar-refractivity contribution in [1.82, 2.24) is 5.32 Å². The summed E-state index contributed by atoms with van der Waals surface area (Å²) < 4.78 is 0.765. The van der Waals surface area contributed by atoms with E-state index in [1.807, 2.05) is 24.3 Å². The third-order valence-electron chi connectivity index (χ3n) is 2.82. The van der Waals surface area contributed by atoms with E-state index in [4.69, 9.17) is 29.6 Å². The number of carbonyl (C=O) groups is 1. The molecule has 0 spiro atoms. The standard InChI is InChI=1S/C15H12BrClN2OS/c16-12-5-11(6-13(17)7-12)15(20)19-8-9-1-3-10(4-2-9)14(18)21/h1-7H,8H2,(H2,18,21)(H,19,20). The summed E-state index contributed by atoms with van der Waals surface area (Å²) in [5.74, 6) is -0.184. The molecule has 0 aliphatic heterocycles. The number of nitrogens with two attached hydrogens (primary N) is 1. The van der Waals surface area contributed by atoms with E-state index in [-0.39, 0.29) is 5.91 Å². The summed E-state index contributed by atoms with van der Waals surface area (Å²) in [6, 6.07) is 12.5. The predicted molar refractivity (Wildman–Crippen MR) is 92.7 cm³/mol. The van der Waals surface area contributed by atoms with Gasteiger partial charge in [0.25, 0.3) is 5.91 Å². The van der Waals surface area contributed by atoms with Crippen molar-refractivity contribution in [1.29, 1.82) is 0 Å². The lowest BCUT2D eigenvalue weighted by atomic mass is 10.1. The Balaban J connectivity index is 2.02. The zero-order valence-corrected chi connectivity index (χ0v) is 14.1. The zero-order valence-electron chi connectivity index (χ0n) is 10.9. The van der Waals surface area contributed by atoms with Crippen LogP contribution in [0.4, 0.5) is 0 Å². The van der Waals surface area contributed by atoms with Gasteiger partial charge in [-0.1, -0.05) is 64.0 Å². The summed E-state index contributed by atoms with van der Waals surface area (Å²) in [5.41, 5.74) is 7.81. The Bertz CT molecular complexity index is 668. The van der Waals surface area contributed by atoms with E-state index in [9.17, 15) is 4.79 Å². The molecule has 108 valence electrons. The van der Waals surface area contributed by atoms with Gasteiger partial charge in [0, 0.05) is 27.2 Å². The molecule has 0 heterocycles. The van der Waals surface area contributed by atoms with Crippen LogP contribution in [0.25, 0.3) is 0 Å². The van der Waals surface area contributed by atoms with Crippen molar-refractivity contribution < 1.29 is 4.79 Å². The molecule has 0 bridgehead atoms. The molecular formula is C15H12BrClN2OS. The van der Waals surface area contributed by atoms with Crippen molar-refractivity contribution >= 4 is 50.6 Å². The molecule has 0 atom stereocenters. The second-order valence-electron chi connectivity index (χ2n) is 4.40. The van der Waals surface area contributed by atoms with Crippen LogP contribution in [0.5, 0.6) is 0 Å². The summed E-state index contributed by atoms with van der Waals surface area (Å²) >= 11 is 14.1. The van der Waals surface area contributed by atoms with Gasteiger partial charge in [-0.3, -0.25) is 4.79 Å². The van der Waals surface area contributed by atoms with Gasteiger partial charge in [-0.05, 0) is 23.8 Å². The number of nitrogens with one attached hydrogen (secondary N) is 1. The fourth-order valence-corrected chi connectivity index (χ4v) is 2.75. The Kier molecular flexibility index (Phi) is 5.33. The third kappa shape index (κ3) is 4.52. The second kappa shape index (κ2) is 7.02. The van der Waals surface area contributed by atoms with Crippen LogP contribution in [0.3, 0.4) is 0 Å². The van der Waals surface area contributed by atoms with Crippen LogP contribution in [0.1, 0.15) is 21.5 Å². The highest BCUT2D eigenvalue weighted by atomic mass is 79.9. The molecule has 1 amide bonds. The minimum atomic E-state index is -0.184. The minimum Gasteiger partial charge on any atom is -0.389 e. The summed E-state index contributed by atoms with van der Waals surface area (Å²) in [6.45, 7) is 0.417. The van der Waals surface area contributed by atoms with Gasteiger partial charge in [-0.2, -0.15) is 0 Å². The summed E-state index contributed by atoms with van der Waals surface area (Å²) in [7, 11) is 0. The largest absolute Gasteiger partial charge is 0.389 e. The molecule has 0 aromatic heterocycles.